The molecule has 0 saturated carbocycles. The van der Waals surface area contributed by atoms with E-state index in [0.717, 1.165) is 36.3 Å². The lowest BCUT2D eigenvalue weighted by Gasteiger charge is -2.27. The van der Waals surface area contributed by atoms with Crippen molar-refractivity contribution in [3.8, 4) is 0 Å². The van der Waals surface area contributed by atoms with E-state index >= 15 is 0 Å². The second-order valence-electron chi connectivity index (χ2n) is 7.17. The van der Waals surface area contributed by atoms with Crippen LogP contribution < -0.4 is 0 Å². The third-order valence-electron chi connectivity index (χ3n) is 4.63. The molecule has 5 nitrogen and oxygen atoms in total. The van der Waals surface area contributed by atoms with Crippen molar-refractivity contribution in [1.29, 1.82) is 0 Å². The Morgan fingerprint density at radius 2 is 1.64 bits per heavy atom. The van der Waals surface area contributed by atoms with Crippen LogP contribution in [0.1, 0.15) is 56.6 Å². The molecule has 2 rings (SSSR count). The van der Waals surface area contributed by atoms with E-state index in [1.165, 1.54) is 0 Å². The summed E-state index contributed by atoms with van der Waals surface area (Å²) in [5.74, 6) is 1.58. The molecule has 152 valence electrons. The van der Waals surface area contributed by atoms with Gasteiger partial charge in [-0.05, 0) is 37.5 Å². The Kier molecular flexibility index (Phi) is 8.79. The highest BCUT2D eigenvalue weighted by Gasteiger charge is 2.22. The molecule has 28 heavy (non-hydrogen) atoms. The van der Waals surface area contributed by atoms with E-state index in [0.29, 0.717) is 26.1 Å². The number of carbonyl (C=O) groups excluding carboxylic acids is 2. The number of hydrogen-bond donors (Lipinski definition) is 0. The molecule has 0 aliphatic carbocycles. The van der Waals surface area contributed by atoms with Crippen molar-refractivity contribution in [2.75, 3.05) is 13.1 Å². The van der Waals surface area contributed by atoms with Gasteiger partial charge in [0.1, 0.15) is 11.5 Å². The second kappa shape index (κ2) is 11.3. The van der Waals surface area contributed by atoms with Gasteiger partial charge in [0.15, 0.2) is 0 Å². The van der Waals surface area contributed by atoms with E-state index in [9.17, 15) is 9.59 Å². The first kappa shape index (κ1) is 21.7. The number of nitrogens with zero attached hydrogens (tertiary/aromatic N) is 2. The van der Waals surface area contributed by atoms with Crippen LogP contribution in [0.4, 0.5) is 0 Å². The van der Waals surface area contributed by atoms with Crippen molar-refractivity contribution in [2.45, 2.75) is 59.5 Å². The molecule has 0 aliphatic heterocycles. The molecule has 0 spiro atoms. The van der Waals surface area contributed by atoms with E-state index in [1.54, 1.807) is 9.80 Å². The topological polar surface area (TPSA) is 53.8 Å². The summed E-state index contributed by atoms with van der Waals surface area (Å²) in [7, 11) is 0. The lowest BCUT2D eigenvalue weighted by molar-refractivity contribution is -0.141. The number of rotatable bonds is 11. The van der Waals surface area contributed by atoms with Gasteiger partial charge in [0.2, 0.25) is 11.8 Å². The highest BCUT2D eigenvalue weighted by atomic mass is 16.3. The van der Waals surface area contributed by atoms with Gasteiger partial charge in [-0.15, -0.1) is 0 Å². The van der Waals surface area contributed by atoms with Crippen molar-refractivity contribution < 1.29 is 14.0 Å². The van der Waals surface area contributed by atoms with Gasteiger partial charge in [-0.2, -0.15) is 0 Å². The van der Waals surface area contributed by atoms with Crippen LogP contribution in [0, 0.1) is 6.92 Å². The zero-order valence-electron chi connectivity index (χ0n) is 17.3. The Labute approximate surface area is 168 Å². The molecule has 1 heterocycles. The maximum atomic E-state index is 13.1. The molecule has 0 saturated heterocycles. The maximum Gasteiger partial charge on any atom is 0.242 e. The van der Waals surface area contributed by atoms with Crippen LogP contribution in [-0.2, 0) is 22.7 Å². The number of unbranched alkanes of at least 4 members (excludes halogenated alkanes) is 1. The van der Waals surface area contributed by atoms with Crippen molar-refractivity contribution in [2.24, 2.45) is 0 Å². The maximum absolute atomic E-state index is 13.1. The molecule has 0 atom stereocenters. The smallest absolute Gasteiger partial charge is 0.242 e. The quantitative estimate of drug-likeness (QED) is 0.571. The largest absolute Gasteiger partial charge is 0.464 e. The fourth-order valence-electron chi connectivity index (χ4n) is 3.11. The summed E-state index contributed by atoms with van der Waals surface area (Å²) in [5.41, 5.74) is 1.05. The van der Waals surface area contributed by atoms with Gasteiger partial charge in [0.25, 0.3) is 0 Å². The third kappa shape index (κ3) is 6.87. The molecule has 5 heteroatoms. The monoisotopic (exact) mass is 384 g/mol. The molecule has 1 aromatic heterocycles. The van der Waals surface area contributed by atoms with Gasteiger partial charge < -0.3 is 14.2 Å². The predicted molar refractivity (Wildman–Crippen MR) is 111 cm³/mol. The number of aryl methyl sites for hydroxylation is 1. The average Bonchev–Trinajstić information content (AvgIpc) is 3.10. The zero-order chi connectivity index (χ0) is 20.4. The summed E-state index contributed by atoms with van der Waals surface area (Å²) < 4.78 is 5.68. The van der Waals surface area contributed by atoms with Crippen LogP contribution in [0.15, 0.2) is 46.9 Å². The van der Waals surface area contributed by atoms with E-state index in [4.69, 9.17) is 4.42 Å². The summed E-state index contributed by atoms with van der Waals surface area (Å²) in [4.78, 5) is 29.1. The lowest BCUT2D eigenvalue weighted by Crippen LogP contribution is -2.42. The molecule has 0 N–H and O–H groups in total. The molecule has 0 bridgehead atoms. The van der Waals surface area contributed by atoms with Gasteiger partial charge in [0.05, 0.1) is 13.1 Å². The van der Waals surface area contributed by atoms with Crippen LogP contribution in [-0.4, -0.2) is 34.7 Å². The first-order valence-corrected chi connectivity index (χ1v) is 10.2. The lowest BCUT2D eigenvalue weighted by atomic mass is 10.2. The minimum atomic E-state index is -0.0591. The van der Waals surface area contributed by atoms with Crippen LogP contribution in [0.25, 0.3) is 0 Å². The number of benzene rings is 1. The SMILES string of the molecule is CCCCC(=O)N(CCC)CC(=O)N(Cc1ccccc1)Cc1ccc(C)o1. The van der Waals surface area contributed by atoms with E-state index < -0.39 is 0 Å². The minimum Gasteiger partial charge on any atom is -0.464 e. The average molecular weight is 385 g/mol. The summed E-state index contributed by atoms with van der Waals surface area (Å²) >= 11 is 0. The first-order valence-electron chi connectivity index (χ1n) is 10.2. The Morgan fingerprint density at radius 3 is 2.25 bits per heavy atom. The Hall–Kier alpha value is -2.56. The molecule has 2 amide bonds. The number of amides is 2. The normalized spacial score (nSPS) is 10.7. The number of hydrogen-bond acceptors (Lipinski definition) is 3. The molecule has 0 aliphatic rings. The van der Waals surface area contributed by atoms with E-state index in [2.05, 4.69) is 6.92 Å². The highest BCUT2D eigenvalue weighted by Crippen LogP contribution is 2.14. The summed E-state index contributed by atoms with van der Waals surface area (Å²) in [5, 5.41) is 0. The van der Waals surface area contributed by atoms with Crippen LogP contribution in [0.3, 0.4) is 0 Å². The second-order valence-corrected chi connectivity index (χ2v) is 7.17. The van der Waals surface area contributed by atoms with Gasteiger partial charge >= 0.3 is 0 Å². The fourth-order valence-corrected chi connectivity index (χ4v) is 3.11. The number of furan rings is 1. The first-order chi connectivity index (χ1) is 13.5. The zero-order valence-corrected chi connectivity index (χ0v) is 17.3. The third-order valence-corrected chi connectivity index (χ3v) is 4.63. The summed E-state index contributed by atoms with van der Waals surface area (Å²) in [6, 6.07) is 13.7. The molecule has 2 aromatic rings. The summed E-state index contributed by atoms with van der Waals surface area (Å²) in [6.45, 7) is 7.58. The van der Waals surface area contributed by atoms with Crippen LogP contribution in [0.2, 0.25) is 0 Å². The fraction of sp³-hybridized carbons (Fsp3) is 0.478. The Bertz CT molecular complexity index is 739. The molecule has 0 fully saturated rings. The van der Waals surface area contributed by atoms with Crippen molar-refractivity contribution in [1.82, 2.24) is 9.80 Å². The van der Waals surface area contributed by atoms with Gasteiger partial charge in [-0.25, -0.2) is 0 Å². The van der Waals surface area contributed by atoms with Crippen LogP contribution in [0.5, 0.6) is 0 Å². The Morgan fingerprint density at radius 1 is 0.893 bits per heavy atom. The molecule has 0 radical (unpaired) electrons. The van der Waals surface area contributed by atoms with E-state index in [1.807, 2.05) is 56.3 Å². The standard InChI is InChI=1S/C23H32N2O3/c1-4-6-12-22(26)24(15-5-2)18-23(27)25(16-20-10-8-7-9-11-20)17-21-14-13-19(3)28-21/h7-11,13-14H,4-6,12,15-18H2,1-3H3. The van der Waals surface area contributed by atoms with Crippen molar-refractivity contribution in [3.05, 3.63) is 59.5 Å². The molecule has 1 aromatic carbocycles. The molecular weight excluding hydrogens is 352 g/mol. The van der Waals surface area contributed by atoms with Crippen molar-refractivity contribution >= 4 is 11.8 Å². The number of carbonyl (C=O) groups is 2. The highest BCUT2D eigenvalue weighted by molar-refractivity contribution is 5.84. The summed E-state index contributed by atoms with van der Waals surface area (Å²) in [6.07, 6.45) is 3.16. The van der Waals surface area contributed by atoms with Gasteiger partial charge in [0, 0.05) is 19.5 Å². The minimum absolute atomic E-state index is 0.0591. The van der Waals surface area contributed by atoms with Crippen LogP contribution >= 0.6 is 0 Å². The Balaban J connectivity index is 2.12. The van der Waals surface area contributed by atoms with Gasteiger partial charge in [-0.1, -0.05) is 50.6 Å². The predicted octanol–water partition coefficient (Wildman–Crippen LogP) is 4.55. The molecule has 0 unspecified atom stereocenters. The van der Waals surface area contributed by atoms with E-state index in [-0.39, 0.29) is 18.4 Å². The molecular formula is C23H32N2O3. The van der Waals surface area contributed by atoms with Crippen molar-refractivity contribution in [3.63, 3.8) is 0 Å². The van der Waals surface area contributed by atoms with Gasteiger partial charge in [-0.3, -0.25) is 9.59 Å².